The van der Waals surface area contributed by atoms with E-state index in [0.29, 0.717) is 5.69 Å². The second-order valence-corrected chi connectivity index (χ2v) is 6.06. The van der Waals surface area contributed by atoms with Gasteiger partial charge in [-0.15, -0.1) is 0 Å². The number of hydrogen-bond donors (Lipinski definition) is 0. The molecule has 0 atom stereocenters. The summed E-state index contributed by atoms with van der Waals surface area (Å²) < 4.78 is 4.66. The Bertz CT molecular complexity index is 661. The summed E-state index contributed by atoms with van der Waals surface area (Å²) in [5.74, 6) is -0.535. The molecule has 0 aliphatic heterocycles. The highest BCUT2D eigenvalue weighted by molar-refractivity contribution is 6.28. The number of halogens is 1. The first-order valence-corrected chi connectivity index (χ1v) is 6.93. The molecule has 1 heterocycles. The monoisotopic (exact) mass is 304 g/mol. The van der Waals surface area contributed by atoms with Gasteiger partial charge in [-0.25, -0.2) is 14.8 Å². The molecule has 0 aliphatic rings. The number of rotatable bonds is 2. The smallest absolute Gasteiger partial charge is 0.356 e. The van der Waals surface area contributed by atoms with E-state index in [2.05, 4.69) is 35.5 Å². The van der Waals surface area contributed by atoms with Crippen LogP contribution in [0.25, 0.3) is 11.3 Å². The molecule has 0 fully saturated rings. The molecule has 0 unspecified atom stereocenters. The molecule has 1 aromatic heterocycles. The highest BCUT2D eigenvalue weighted by Gasteiger charge is 2.15. The standard InChI is InChI=1S/C16H17ClN2O2/c1-16(2,3)11-7-5-10(6-8-11)12-9-13(14(20)21-4)19-15(17)18-12/h5-9H,1-4H3. The van der Waals surface area contributed by atoms with Crippen molar-refractivity contribution < 1.29 is 9.53 Å². The van der Waals surface area contributed by atoms with Crippen molar-refractivity contribution in [2.45, 2.75) is 26.2 Å². The van der Waals surface area contributed by atoms with Gasteiger partial charge in [0.25, 0.3) is 0 Å². The topological polar surface area (TPSA) is 52.1 Å². The summed E-state index contributed by atoms with van der Waals surface area (Å²) in [6.45, 7) is 6.46. The lowest BCUT2D eigenvalue weighted by Crippen LogP contribution is -2.10. The van der Waals surface area contributed by atoms with Crippen LogP contribution in [-0.4, -0.2) is 23.0 Å². The van der Waals surface area contributed by atoms with Crippen molar-refractivity contribution in [3.8, 4) is 11.3 Å². The summed E-state index contributed by atoms with van der Waals surface area (Å²) in [7, 11) is 1.30. The van der Waals surface area contributed by atoms with Crippen molar-refractivity contribution in [3.05, 3.63) is 46.9 Å². The zero-order chi connectivity index (χ0) is 15.6. The lowest BCUT2D eigenvalue weighted by Gasteiger charge is -2.19. The number of aromatic nitrogens is 2. The minimum atomic E-state index is -0.535. The molecule has 0 amide bonds. The van der Waals surface area contributed by atoms with Gasteiger partial charge in [0, 0.05) is 5.56 Å². The summed E-state index contributed by atoms with van der Waals surface area (Å²) in [5.41, 5.74) is 2.92. The molecule has 0 aliphatic carbocycles. The predicted octanol–water partition coefficient (Wildman–Crippen LogP) is 3.88. The maximum absolute atomic E-state index is 11.6. The maximum atomic E-state index is 11.6. The Balaban J connectivity index is 2.42. The minimum absolute atomic E-state index is 0.0211. The van der Waals surface area contributed by atoms with Crippen LogP contribution in [0.4, 0.5) is 0 Å². The Labute approximate surface area is 129 Å². The van der Waals surface area contributed by atoms with Crippen LogP contribution in [0, 0.1) is 0 Å². The van der Waals surface area contributed by atoms with Gasteiger partial charge in [0.15, 0.2) is 5.69 Å². The lowest BCUT2D eigenvalue weighted by atomic mass is 9.86. The number of esters is 1. The first-order chi connectivity index (χ1) is 9.81. The van der Waals surface area contributed by atoms with E-state index in [-0.39, 0.29) is 16.4 Å². The van der Waals surface area contributed by atoms with Crippen LogP contribution in [0.2, 0.25) is 5.28 Å². The SMILES string of the molecule is COC(=O)c1cc(-c2ccc(C(C)(C)C)cc2)nc(Cl)n1. The molecule has 0 N–H and O–H groups in total. The average Bonchev–Trinajstić information content (AvgIpc) is 2.45. The molecule has 0 saturated heterocycles. The van der Waals surface area contributed by atoms with E-state index in [1.165, 1.54) is 12.7 Å². The number of benzene rings is 1. The molecule has 2 aromatic rings. The normalized spacial score (nSPS) is 11.3. The van der Waals surface area contributed by atoms with Gasteiger partial charge in [-0.2, -0.15) is 0 Å². The van der Waals surface area contributed by atoms with Crippen molar-refractivity contribution in [2.24, 2.45) is 0 Å². The summed E-state index contributed by atoms with van der Waals surface area (Å²) >= 11 is 5.87. The number of hydrogen-bond acceptors (Lipinski definition) is 4. The zero-order valence-electron chi connectivity index (χ0n) is 12.5. The molecule has 2 rings (SSSR count). The Morgan fingerprint density at radius 2 is 1.76 bits per heavy atom. The molecule has 1 aromatic carbocycles. The number of carbonyl (C=O) groups excluding carboxylic acids is 1. The van der Waals surface area contributed by atoms with E-state index in [9.17, 15) is 4.79 Å². The molecule has 0 spiro atoms. The Kier molecular flexibility index (Phi) is 4.28. The van der Waals surface area contributed by atoms with Gasteiger partial charge in [0.1, 0.15) is 0 Å². The van der Waals surface area contributed by atoms with Crippen molar-refractivity contribution in [3.63, 3.8) is 0 Å². The molecule has 0 bridgehead atoms. The molecule has 110 valence electrons. The summed E-state index contributed by atoms with van der Waals surface area (Å²) in [4.78, 5) is 19.6. The summed E-state index contributed by atoms with van der Waals surface area (Å²) in [6, 6.07) is 9.58. The van der Waals surface area contributed by atoms with Crippen LogP contribution in [0.15, 0.2) is 30.3 Å². The third-order valence-electron chi connectivity index (χ3n) is 3.14. The molecular formula is C16H17ClN2O2. The zero-order valence-corrected chi connectivity index (χ0v) is 13.2. The fraction of sp³-hybridized carbons (Fsp3) is 0.312. The molecule has 0 saturated carbocycles. The van der Waals surface area contributed by atoms with Gasteiger partial charge < -0.3 is 4.74 Å². The van der Waals surface area contributed by atoms with E-state index in [0.717, 1.165) is 5.56 Å². The quantitative estimate of drug-likeness (QED) is 0.624. The summed E-state index contributed by atoms with van der Waals surface area (Å²) in [5, 5.41) is 0.0211. The Hall–Kier alpha value is -1.94. The van der Waals surface area contributed by atoms with Gasteiger partial charge in [-0.3, -0.25) is 0 Å². The van der Waals surface area contributed by atoms with Gasteiger partial charge in [-0.1, -0.05) is 45.0 Å². The molecular weight excluding hydrogens is 288 g/mol. The van der Waals surface area contributed by atoms with Crippen LogP contribution < -0.4 is 0 Å². The minimum Gasteiger partial charge on any atom is -0.464 e. The predicted molar refractivity (Wildman–Crippen MR) is 82.5 cm³/mol. The number of ether oxygens (including phenoxy) is 1. The maximum Gasteiger partial charge on any atom is 0.356 e. The summed E-state index contributed by atoms with van der Waals surface area (Å²) in [6.07, 6.45) is 0. The van der Waals surface area contributed by atoms with E-state index in [1.807, 2.05) is 24.3 Å². The van der Waals surface area contributed by atoms with Crippen LogP contribution in [-0.2, 0) is 10.2 Å². The first kappa shape index (κ1) is 15.4. The second kappa shape index (κ2) is 5.82. The lowest BCUT2D eigenvalue weighted by molar-refractivity contribution is 0.0594. The van der Waals surface area contributed by atoms with E-state index >= 15 is 0 Å². The Morgan fingerprint density at radius 3 is 2.29 bits per heavy atom. The van der Waals surface area contributed by atoms with Gasteiger partial charge in [0.2, 0.25) is 5.28 Å². The molecule has 4 nitrogen and oxygen atoms in total. The van der Waals surface area contributed by atoms with Gasteiger partial charge in [0.05, 0.1) is 12.8 Å². The van der Waals surface area contributed by atoms with E-state index in [4.69, 9.17) is 11.6 Å². The Morgan fingerprint density at radius 1 is 1.14 bits per heavy atom. The third kappa shape index (κ3) is 3.58. The van der Waals surface area contributed by atoms with Gasteiger partial charge >= 0.3 is 5.97 Å². The molecule has 5 heteroatoms. The van der Waals surface area contributed by atoms with Crippen LogP contribution in [0.5, 0.6) is 0 Å². The number of methoxy groups -OCH3 is 1. The van der Waals surface area contributed by atoms with Crippen molar-refractivity contribution in [1.29, 1.82) is 0 Å². The third-order valence-corrected chi connectivity index (χ3v) is 3.31. The van der Waals surface area contributed by atoms with Crippen LogP contribution in [0.1, 0.15) is 36.8 Å². The molecule has 21 heavy (non-hydrogen) atoms. The fourth-order valence-electron chi connectivity index (χ4n) is 1.92. The highest BCUT2D eigenvalue weighted by Crippen LogP contribution is 2.26. The number of nitrogens with zero attached hydrogens (tertiary/aromatic N) is 2. The average molecular weight is 305 g/mol. The molecule has 0 radical (unpaired) electrons. The van der Waals surface area contributed by atoms with E-state index in [1.54, 1.807) is 6.07 Å². The second-order valence-electron chi connectivity index (χ2n) is 5.73. The number of carbonyl (C=O) groups is 1. The van der Waals surface area contributed by atoms with E-state index < -0.39 is 5.97 Å². The first-order valence-electron chi connectivity index (χ1n) is 6.55. The largest absolute Gasteiger partial charge is 0.464 e. The van der Waals surface area contributed by atoms with Crippen LogP contribution in [0.3, 0.4) is 0 Å². The van der Waals surface area contributed by atoms with Crippen molar-refractivity contribution in [2.75, 3.05) is 7.11 Å². The van der Waals surface area contributed by atoms with Crippen molar-refractivity contribution in [1.82, 2.24) is 9.97 Å². The highest BCUT2D eigenvalue weighted by atomic mass is 35.5. The van der Waals surface area contributed by atoms with Gasteiger partial charge in [-0.05, 0) is 28.6 Å². The fourth-order valence-corrected chi connectivity index (χ4v) is 2.10. The van der Waals surface area contributed by atoms with Crippen LogP contribution >= 0.6 is 11.6 Å². The van der Waals surface area contributed by atoms with Crippen molar-refractivity contribution >= 4 is 17.6 Å².